The highest BCUT2D eigenvalue weighted by molar-refractivity contribution is 7.76. The number of nitrogens with zero attached hydrogens (tertiary/aromatic N) is 1. The highest BCUT2D eigenvalue weighted by Crippen LogP contribution is 2.54. The molecule has 0 N–H and O–H groups in total. The molecule has 2 aromatic heterocycles. The summed E-state index contributed by atoms with van der Waals surface area (Å²) >= 11 is 10.0. The maximum Gasteiger partial charge on any atom is 0.269 e. The minimum absolute atomic E-state index is 0.0164. The average Bonchev–Trinajstić information content (AvgIpc) is 3.24. The van der Waals surface area contributed by atoms with E-state index in [4.69, 9.17) is 17.0 Å². The predicted octanol–water partition coefficient (Wildman–Crippen LogP) is 6.56. The Hall–Kier alpha value is -1.54. The van der Waals surface area contributed by atoms with E-state index in [9.17, 15) is 4.79 Å². The van der Waals surface area contributed by atoms with Crippen molar-refractivity contribution in [3.05, 3.63) is 49.3 Å². The third-order valence-electron chi connectivity index (χ3n) is 4.46. The van der Waals surface area contributed by atoms with Crippen LogP contribution in [-0.4, -0.2) is 12.5 Å². The van der Waals surface area contributed by atoms with Crippen molar-refractivity contribution in [2.75, 3.05) is 11.5 Å². The molecule has 0 saturated heterocycles. The van der Waals surface area contributed by atoms with Gasteiger partial charge in [-0.15, -0.1) is 22.7 Å². The molecule has 0 bridgehead atoms. The molecule has 1 aliphatic heterocycles. The summed E-state index contributed by atoms with van der Waals surface area (Å²) in [5, 5.41) is 2.88. The summed E-state index contributed by atoms with van der Waals surface area (Å²) in [4.78, 5) is 17.1. The van der Waals surface area contributed by atoms with Crippen LogP contribution in [0.1, 0.15) is 36.0 Å². The largest absolute Gasteiger partial charge is 0.494 e. The van der Waals surface area contributed by atoms with Gasteiger partial charge in [-0.3, -0.25) is 9.69 Å². The number of carbonyl (C=O) groups is 1. The minimum Gasteiger partial charge on any atom is -0.494 e. The lowest BCUT2D eigenvalue weighted by Crippen LogP contribution is -2.47. The SMILES string of the molecule is CCOc1ccc2c(c1)C(C)(C)N(C(=O)c1cccs1)c1sc(=S)sc1-2. The standard InChI is InChI=1S/C19H17NO2S4/c1-4-22-11-7-8-12-13(10-11)19(2,3)20(16(21)14-6-5-9-24-14)17-15(12)25-18(23)26-17/h5-10H,4H2,1-3H3. The van der Waals surface area contributed by atoms with Crippen LogP contribution >= 0.6 is 46.2 Å². The van der Waals surface area contributed by atoms with E-state index in [2.05, 4.69) is 26.0 Å². The Labute approximate surface area is 169 Å². The minimum atomic E-state index is -0.504. The van der Waals surface area contributed by atoms with Crippen molar-refractivity contribution in [2.45, 2.75) is 26.3 Å². The summed E-state index contributed by atoms with van der Waals surface area (Å²) in [6, 6.07) is 9.93. The van der Waals surface area contributed by atoms with Crippen LogP contribution in [-0.2, 0) is 5.54 Å². The molecule has 3 heterocycles. The molecule has 0 aliphatic carbocycles. The van der Waals surface area contributed by atoms with Crippen molar-refractivity contribution in [2.24, 2.45) is 0 Å². The van der Waals surface area contributed by atoms with Gasteiger partial charge in [-0.25, -0.2) is 0 Å². The zero-order chi connectivity index (χ0) is 18.5. The maximum absolute atomic E-state index is 13.4. The van der Waals surface area contributed by atoms with E-state index in [-0.39, 0.29) is 5.91 Å². The molecule has 0 unspecified atom stereocenters. The van der Waals surface area contributed by atoms with E-state index in [0.717, 1.165) is 34.8 Å². The number of fused-ring (bicyclic) bond motifs is 3. The topological polar surface area (TPSA) is 29.5 Å². The van der Waals surface area contributed by atoms with Crippen LogP contribution in [0.3, 0.4) is 0 Å². The first-order valence-corrected chi connectivity index (χ1v) is 11.1. The van der Waals surface area contributed by atoms with Crippen molar-refractivity contribution in [1.82, 2.24) is 0 Å². The molecular weight excluding hydrogens is 402 g/mol. The van der Waals surface area contributed by atoms with Gasteiger partial charge in [-0.05, 0) is 56.0 Å². The average molecular weight is 420 g/mol. The molecule has 4 rings (SSSR count). The quantitative estimate of drug-likeness (QED) is 0.450. The van der Waals surface area contributed by atoms with Gasteiger partial charge in [0.1, 0.15) is 13.9 Å². The molecule has 0 atom stereocenters. The summed E-state index contributed by atoms with van der Waals surface area (Å²) < 4.78 is 6.54. The number of thiophene rings is 1. The second-order valence-corrected chi connectivity index (χ2v) is 10.6. The summed E-state index contributed by atoms with van der Waals surface area (Å²) in [7, 11) is 0. The molecule has 0 saturated carbocycles. The Balaban J connectivity index is 1.95. The number of anilines is 1. The zero-order valence-corrected chi connectivity index (χ0v) is 17.8. The Bertz CT molecular complexity index is 1030. The van der Waals surface area contributed by atoms with E-state index >= 15 is 0 Å². The van der Waals surface area contributed by atoms with Crippen molar-refractivity contribution < 1.29 is 9.53 Å². The van der Waals surface area contributed by atoms with Gasteiger partial charge in [0.2, 0.25) is 0 Å². The molecular formula is C19H17NO2S4. The second-order valence-electron chi connectivity index (χ2n) is 6.41. The molecule has 7 heteroatoms. The van der Waals surface area contributed by atoms with Crippen LogP contribution in [0.15, 0.2) is 35.7 Å². The van der Waals surface area contributed by atoms with Gasteiger partial charge in [0.05, 0.1) is 21.9 Å². The van der Waals surface area contributed by atoms with Crippen LogP contribution in [0.25, 0.3) is 10.4 Å². The van der Waals surface area contributed by atoms with Crippen LogP contribution in [0.5, 0.6) is 5.75 Å². The Kier molecular flexibility index (Phi) is 4.51. The lowest BCUT2D eigenvalue weighted by molar-refractivity contribution is 0.0965. The molecule has 26 heavy (non-hydrogen) atoms. The van der Waals surface area contributed by atoms with Crippen molar-refractivity contribution >= 4 is 57.1 Å². The lowest BCUT2D eigenvalue weighted by Gasteiger charge is -2.42. The normalized spacial score (nSPS) is 14.7. The Morgan fingerprint density at radius 2 is 2.08 bits per heavy atom. The number of benzene rings is 1. The van der Waals surface area contributed by atoms with Crippen molar-refractivity contribution in [3.8, 4) is 16.2 Å². The maximum atomic E-state index is 13.4. The van der Waals surface area contributed by atoms with Crippen LogP contribution < -0.4 is 9.64 Å². The zero-order valence-electron chi connectivity index (χ0n) is 14.6. The first kappa shape index (κ1) is 17.9. The van der Waals surface area contributed by atoms with Gasteiger partial charge in [0.15, 0.2) is 0 Å². The third-order valence-corrected chi connectivity index (χ3v) is 7.98. The van der Waals surface area contributed by atoms with Crippen LogP contribution in [0.2, 0.25) is 0 Å². The van der Waals surface area contributed by atoms with E-state index in [1.54, 1.807) is 11.3 Å². The molecule has 1 aliphatic rings. The predicted molar refractivity (Wildman–Crippen MR) is 114 cm³/mol. The first-order valence-electron chi connectivity index (χ1n) is 8.23. The third kappa shape index (κ3) is 2.74. The van der Waals surface area contributed by atoms with Gasteiger partial charge in [-0.2, -0.15) is 0 Å². The molecule has 0 radical (unpaired) electrons. The number of amides is 1. The fourth-order valence-electron chi connectivity index (χ4n) is 3.31. The highest BCUT2D eigenvalue weighted by Gasteiger charge is 2.43. The summed E-state index contributed by atoms with van der Waals surface area (Å²) in [6.07, 6.45) is 0. The fourth-order valence-corrected chi connectivity index (χ4v) is 6.74. The fraction of sp³-hybridized carbons (Fsp3) is 0.263. The van der Waals surface area contributed by atoms with Gasteiger partial charge < -0.3 is 4.74 Å². The number of hydrogen-bond donors (Lipinski definition) is 0. The van der Waals surface area contributed by atoms with Gasteiger partial charge in [-0.1, -0.05) is 29.6 Å². The lowest BCUT2D eigenvalue weighted by atomic mass is 9.84. The Morgan fingerprint density at radius 3 is 2.77 bits per heavy atom. The van der Waals surface area contributed by atoms with Gasteiger partial charge >= 0.3 is 0 Å². The summed E-state index contributed by atoms with van der Waals surface area (Å²) in [5.74, 6) is 0.841. The van der Waals surface area contributed by atoms with Crippen molar-refractivity contribution in [3.63, 3.8) is 0 Å². The van der Waals surface area contributed by atoms with Crippen LogP contribution in [0.4, 0.5) is 5.00 Å². The molecule has 0 spiro atoms. The van der Waals surface area contributed by atoms with Gasteiger partial charge in [0, 0.05) is 5.56 Å². The van der Waals surface area contributed by atoms with E-state index in [1.807, 2.05) is 35.4 Å². The van der Waals surface area contributed by atoms with E-state index < -0.39 is 5.54 Å². The number of carbonyl (C=O) groups excluding carboxylic acids is 1. The summed E-state index contributed by atoms with van der Waals surface area (Å²) in [5.41, 5.74) is 1.72. The number of hydrogen-bond acceptors (Lipinski definition) is 6. The number of rotatable bonds is 3. The summed E-state index contributed by atoms with van der Waals surface area (Å²) in [6.45, 7) is 6.76. The molecule has 3 nitrogen and oxygen atoms in total. The molecule has 1 aromatic carbocycles. The second kappa shape index (κ2) is 6.56. The molecule has 3 aromatic rings. The molecule has 134 valence electrons. The van der Waals surface area contributed by atoms with Crippen LogP contribution in [0, 0.1) is 3.14 Å². The first-order chi connectivity index (χ1) is 12.4. The molecule has 1 amide bonds. The van der Waals surface area contributed by atoms with E-state index in [1.165, 1.54) is 22.7 Å². The van der Waals surface area contributed by atoms with Crippen molar-refractivity contribution in [1.29, 1.82) is 0 Å². The van der Waals surface area contributed by atoms with E-state index in [0.29, 0.717) is 6.61 Å². The number of ether oxygens (including phenoxy) is 1. The Morgan fingerprint density at radius 1 is 1.27 bits per heavy atom. The monoisotopic (exact) mass is 419 g/mol. The highest BCUT2D eigenvalue weighted by atomic mass is 32.2. The van der Waals surface area contributed by atoms with Gasteiger partial charge in [0.25, 0.3) is 5.91 Å². The smallest absolute Gasteiger partial charge is 0.269 e. The molecule has 0 fully saturated rings.